The van der Waals surface area contributed by atoms with E-state index >= 15 is 0 Å². The van der Waals surface area contributed by atoms with Gasteiger partial charge in [0.25, 0.3) is 5.91 Å². The number of esters is 1. The monoisotopic (exact) mass is 319 g/mol. The number of rotatable bonds is 7. The van der Waals surface area contributed by atoms with Gasteiger partial charge in [-0.25, -0.2) is 0 Å². The fraction of sp³-hybridized carbons (Fsp3) is 0.385. The molecular formula is C13H15Cl2NO4. The van der Waals surface area contributed by atoms with Crippen LogP contribution in [-0.4, -0.2) is 31.6 Å². The zero-order valence-corrected chi connectivity index (χ0v) is 12.5. The molecule has 0 heterocycles. The maximum Gasteiger partial charge on any atom is 0.307 e. The predicted molar refractivity (Wildman–Crippen MR) is 76.2 cm³/mol. The highest BCUT2D eigenvalue weighted by molar-refractivity contribution is 6.42. The molecule has 7 heteroatoms. The van der Waals surface area contributed by atoms with Crippen LogP contribution in [0.25, 0.3) is 0 Å². The van der Waals surface area contributed by atoms with Gasteiger partial charge in [0.1, 0.15) is 5.75 Å². The molecule has 110 valence electrons. The van der Waals surface area contributed by atoms with Crippen LogP contribution in [0.2, 0.25) is 10.0 Å². The van der Waals surface area contributed by atoms with Crippen LogP contribution in [0.4, 0.5) is 0 Å². The van der Waals surface area contributed by atoms with Gasteiger partial charge < -0.3 is 14.8 Å². The molecular weight excluding hydrogens is 305 g/mol. The van der Waals surface area contributed by atoms with Crippen LogP contribution < -0.4 is 10.1 Å². The number of benzene rings is 1. The summed E-state index contributed by atoms with van der Waals surface area (Å²) < 4.78 is 9.97. The molecule has 1 rings (SSSR count). The van der Waals surface area contributed by atoms with Crippen molar-refractivity contribution in [1.29, 1.82) is 0 Å². The number of halogens is 2. The molecule has 1 aromatic carbocycles. The maximum absolute atomic E-state index is 11.5. The quantitative estimate of drug-likeness (QED) is 0.784. The van der Waals surface area contributed by atoms with E-state index in [1.54, 1.807) is 19.1 Å². The highest BCUT2D eigenvalue weighted by atomic mass is 35.5. The van der Waals surface area contributed by atoms with E-state index in [1.165, 1.54) is 6.07 Å². The fourth-order valence-electron chi connectivity index (χ4n) is 1.30. The Morgan fingerprint density at radius 2 is 2.00 bits per heavy atom. The first-order valence-electron chi connectivity index (χ1n) is 6.03. The molecule has 0 aliphatic carbocycles. The molecule has 0 radical (unpaired) electrons. The Bertz CT molecular complexity index is 479. The molecule has 0 saturated carbocycles. The van der Waals surface area contributed by atoms with Crippen LogP contribution in [-0.2, 0) is 14.3 Å². The number of amides is 1. The highest BCUT2D eigenvalue weighted by Gasteiger charge is 2.06. The van der Waals surface area contributed by atoms with E-state index in [4.69, 9.17) is 32.7 Å². The summed E-state index contributed by atoms with van der Waals surface area (Å²) in [5.74, 6) is -0.237. The van der Waals surface area contributed by atoms with Crippen molar-refractivity contribution in [3.8, 4) is 5.75 Å². The van der Waals surface area contributed by atoms with Gasteiger partial charge in [0.05, 0.1) is 23.1 Å². The van der Waals surface area contributed by atoms with E-state index in [-0.39, 0.29) is 31.4 Å². The van der Waals surface area contributed by atoms with Gasteiger partial charge in [-0.3, -0.25) is 9.59 Å². The first-order valence-corrected chi connectivity index (χ1v) is 6.78. The molecule has 0 unspecified atom stereocenters. The van der Waals surface area contributed by atoms with E-state index < -0.39 is 0 Å². The summed E-state index contributed by atoms with van der Waals surface area (Å²) in [6, 6.07) is 4.72. The lowest BCUT2D eigenvalue weighted by Gasteiger charge is -2.08. The van der Waals surface area contributed by atoms with Gasteiger partial charge in [0, 0.05) is 12.6 Å². The van der Waals surface area contributed by atoms with Crippen molar-refractivity contribution in [3.63, 3.8) is 0 Å². The summed E-state index contributed by atoms with van der Waals surface area (Å²) >= 11 is 11.6. The number of hydrogen-bond donors (Lipinski definition) is 1. The molecule has 0 aliphatic rings. The predicted octanol–water partition coefficient (Wildman–Crippen LogP) is 2.44. The van der Waals surface area contributed by atoms with Crippen molar-refractivity contribution in [2.45, 2.75) is 13.3 Å². The second-order valence-corrected chi connectivity index (χ2v) is 4.58. The van der Waals surface area contributed by atoms with Crippen LogP contribution in [0.5, 0.6) is 5.75 Å². The minimum atomic E-state index is -0.349. The summed E-state index contributed by atoms with van der Waals surface area (Å²) in [5, 5.41) is 3.31. The van der Waals surface area contributed by atoms with Gasteiger partial charge in [-0.15, -0.1) is 0 Å². The molecule has 5 nitrogen and oxygen atoms in total. The third-order valence-electron chi connectivity index (χ3n) is 2.22. The third-order valence-corrected chi connectivity index (χ3v) is 2.96. The zero-order valence-electron chi connectivity index (χ0n) is 10.9. The molecule has 20 heavy (non-hydrogen) atoms. The Kier molecular flexibility index (Phi) is 7.18. The van der Waals surface area contributed by atoms with Crippen LogP contribution >= 0.6 is 23.2 Å². The van der Waals surface area contributed by atoms with Gasteiger partial charge in [-0.05, 0) is 19.1 Å². The average molecular weight is 320 g/mol. The zero-order chi connectivity index (χ0) is 15.0. The fourth-order valence-corrected chi connectivity index (χ4v) is 1.59. The van der Waals surface area contributed by atoms with Gasteiger partial charge in [-0.1, -0.05) is 23.2 Å². The lowest BCUT2D eigenvalue weighted by atomic mass is 10.3. The smallest absolute Gasteiger partial charge is 0.307 e. The van der Waals surface area contributed by atoms with Crippen molar-refractivity contribution < 1.29 is 19.1 Å². The topological polar surface area (TPSA) is 64.6 Å². The number of carbonyl (C=O) groups is 2. The highest BCUT2D eigenvalue weighted by Crippen LogP contribution is 2.26. The second-order valence-electron chi connectivity index (χ2n) is 3.77. The summed E-state index contributed by atoms with van der Waals surface area (Å²) in [6.07, 6.45) is 0.131. The Morgan fingerprint density at radius 3 is 2.65 bits per heavy atom. The summed E-state index contributed by atoms with van der Waals surface area (Å²) in [7, 11) is 0. The maximum atomic E-state index is 11.5. The lowest BCUT2D eigenvalue weighted by molar-refractivity contribution is -0.143. The normalized spacial score (nSPS) is 9.95. The SMILES string of the molecule is CCOC(=O)CCNC(=O)COc1ccc(Cl)c(Cl)c1. The molecule has 0 fully saturated rings. The first kappa shape index (κ1) is 16.6. The molecule has 0 aliphatic heterocycles. The molecule has 0 saturated heterocycles. The summed E-state index contributed by atoms with van der Waals surface area (Å²) in [5.41, 5.74) is 0. The van der Waals surface area contributed by atoms with E-state index in [9.17, 15) is 9.59 Å². The number of ether oxygens (including phenoxy) is 2. The Morgan fingerprint density at radius 1 is 1.25 bits per heavy atom. The van der Waals surface area contributed by atoms with Crippen LogP contribution in [0.15, 0.2) is 18.2 Å². The van der Waals surface area contributed by atoms with E-state index in [0.29, 0.717) is 22.4 Å². The van der Waals surface area contributed by atoms with Gasteiger partial charge in [-0.2, -0.15) is 0 Å². The van der Waals surface area contributed by atoms with Gasteiger partial charge in [0.15, 0.2) is 6.61 Å². The molecule has 1 amide bonds. The number of hydrogen-bond acceptors (Lipinski definition) is 4. The van der Waals surface area contributed by atoms with Crippen LogP contribution in [0.3, 0.4) is 0 Å². The molecule has 1 N–H and O–H groups in total. The van der Waals surface area contributed by atoms with E-state index in [0.717, 1.165) is 0 Å². The van der Waals surface area contributed by atoms with Gasteiger partial charge >= 0.3 is 5.97 Å². The number of nitrogens with one attached hydrogen (secondary N) is 1. The average Bonchev–Trinajstić information content (AvgIpc) is 2.40. The Labute approximate surface area is 127 Å². The lowest BCUT2D eigenvalue weighted by Crippen LogP contribution is -2.31. The molecule has 0 spiro atoms. The minimum Gasteiger partial charge on any atom is -0.484 e. The summed E-state index contributed by atoms with van der Waals surface area (Å²) in [4.78, 5) is 22.5. The second kappa shape index (κ2) is 8.66. The van der Waals surface area contributed by atoms with Crippen molar-refractivity contribution in [1.82, 2.24) is 5.32 Å². The largest absolute Gasteiger partial charge is 0.484 e. The van der Waals surface area contributed by atoms with Crippen LogP contribution in [0.1, 0.15) is 13.3 Å². The van der Waals surface area contributed by atoms with Crippen molar-refractivity contribution in [2.75, 3.05) is 19.8 Å². The molecule has 0 bridgehead atoms. The van der Waals surface area contributed by atoms with Crippen LogP contribution in [0, 0.1) is 0 Å². The van der Waals surface area contributed by atoms with Crippen molar-refractivity contribution in [2.24, 2.45) is 0 Å². The number of carbonyl (C=O) groups excluding carboxylic acids is 2. The Balaban J connectivity index is 2.26. The summed E-state index contributed by atoms with van der Waals surface area (Å²) in [6.45, 7) is 2.10. The molecule has 0 aromatic heterocycles. The molecule has 1 aromatic rings. The standard InChI is InChI=1S/C13H15Cl2NO4/c1-2-19-13(18)5-6-16-12(17)8-20-9-3-4-10(14)11(15)7-9/h3-4,7H,2,5-6,8H2,1H3,(H,16,17). The minimum absolute atomic E-state index is 0.131. The molecule has 0 atom stereocenters. The van der Waals surface area contributed by atoms with Gasteiger partial charge in [0.2, 0.25) is 0 Å². The third kappa shape index (κ3) is 6.12. The van der Waals surface area contributed by atoms with Crippen molar-refractivity contribution >= 4 is 35.1 Å². The van der Waals surface area contributed by atoms with Crippen molar-refractivity contribution in [3.05, 3.63) is 28.2 Å². The van der Waals surface area contributed by atoms with E-state index in [2.05, 4.69) is 5.32 Å². The van der Waals surface area contributed by atoms with E-state index in [1.807, 2.05) is 0 Å². The Hall–Kier alpha value is -1.46. The first-order chi connectivity index (χ1) is 9.52.